The molecule has 1 amide bonds. The number of hydrogen-bond acceptors (Lipinski definition) is 6. The molecule has 1 aromatic carbocycles. The third kappa shape index (κ3) is 3.77. The normalized spacial score (nSPS) is 12.1. The molecular formula is C15H15N5OS2. The number of carbonyl (C=O) groups excluding carboxylic acids is 1. The minimum absolute atomic E-state index is 0.105. The summed E-state index contributed by atoms with van der Waals surface area (Å²) < 4.78 is 1.78. The van der Waals surface area contributed by atoms with Crippen LogP contribution in [-0.4, -0.2) is 30.9 Å². The predicted molar refractivity (Wildman–Crippen MR) is 92.5 cm³/mol. The first-order chi connectivity index (χ1) is 11.1. The summed E-state index contributed by atoms with van der Waals surface area (Å²) in [5.41, 5.74) is 1.89. The van der Waals surface area contributed by atoms with Gasteiger partial charge in [0.25, 0.3) is 0 Å². The number of amides is 1. The van der Waals surface area contributed by atoms with E-state index in [1.807, 2.05) is 49.7 Å². The van der Waals surface area contributed by atoms with Crippen LogP contribution in [0.5, 0.6) is 0 Å². The monoisotopic (exact) mass is 345 g/mol. The van der Waals surface area contributed by atoms with E-state index in [0.717, 1.165) is 11.3 Å². The van der Waals surface area contributed by atoms with Crippen LogP contribution < -0.4 is 5.32 Å². The minimum Gasteiger partial charge on any atom is -0.312 e. The summed E-state index contributed by atoms with van der Waals surface area (Å²) in [6.07, 6.45) is 1.61. The maximum atomic E-state index is 12.3. The van der Waals surface area contributed by atoms with Crippen LogP contribution in [0.15, 0.2) is 47.2 Å². The average molecular weight is 345 g/mol. The van der Waals surface area contributed by atoms with Crippen molar-refractivity contribution in [1.29, 1.82) is 0 Å². The Kier molecular flexibility index (Phi) is 4.73. The lowest BCUT2D eigenvalue weighted by atomic mass is 10.2. The Bertz CT molecular complexity index is 799. The van der Waals surface area contributed by atoms with Gasteiger partial charge in [-0.25, -0.2) is 4.98 Å². The molecule has 0 unspecified atom stereocenters. The molecule has 118 valence electrons. The zero-order valence-corrected chi connectivity index (χ0v) is 14.3. The van der Waals surface area contributed by atoms with Gasteiger partial charge in [-0.2, -0.15) is 0 Å². The van der Waals surface area contributed by atoms with Crippen LogP contribution in [0, 0.1) is 0 Å². The maximum absolute atomic E-state index is 12.3. The lowest BCUT2D eigenvalue weighted by Crippen LogP contribution is -2.22. The van der Waals surface area contributed by atoms with E-state index in [1.165, 1.54) is 23.1 Å². The van der Waals surface area contributed by atoms with Crippen LogP contribution in [0.2, 0.25) is 0 Å². The molecule has 0 spiro atoms. The van der Waals surface area contributed by atoms with Gasteiger partial charge in [-0.1, -0.05) is 42.1 Å². The van der Waals surface area contributed by atoms with Crippen molar-refractivity contribution < 1.29 is 4.79 Å². The van der Waals surface area contributed by atoms with Crippen molar-refractivity contribution >= 4 is 34.1 Å². The van der Waals surface area contributed by atoms with Crippen LogP contribution in [0.4, 0.5) is 5.13 Å². The van der Waals surface area contributed by atoms with Crippen LogP contribution >= 0.6 is 23.1 Å². The van der Waals surface area contributed by atoms with E-state index in [9.17, 15) is 4.79 Å². The third-order valence-corrected chi connectivity index (χ3v) is 5.03. The zero-order chi connectivity index (χ0) is 16.2. The molecular weight excluding hydrogens is 330 g/mol. The topological polar surface area (TPSA) is 72.7 Å². The number of rotatable bonds is 5. The van der Waals surface area contributed by atoms with Crippen LogP contribution in [0.3, 0.4) is 0 Å². The second-order valence-corrected chi connectivity index (χ2v) is 7.04. The number of aryl methyl sites for hydroxylation is 1. The number of benzene rings is 1. The van der Waals surface area contributed by atoms with Crippen molar-refractivity contribution in [1.82, 2.24) is 19.7 Å². The van der Waals surface area contributed by atoms with Crippen LogP contribution in [0.25, 0.3) is 11.3 Å². The molecule has 2 aromatic heterocycles. The number of hydrogen-bond donors (Lipinski definition) is 1. The van der Waals surface area contributed by atoms with E-state index in [2.05, 4.69) is 20.5 Å². The Labute approximate surface area is 142 Å². The third-order valence-electron chi connectivity index (χ3n) is 3.13. The highest BCUT2D eigenvalue weighted by atomic mass is 32.2. The van der Waals surface area contributed by atoms with Crippen molar-refractivity contribution in [3.63, 3.8) is 0 Å². The number of carbonyl (C=O) groups is 1. The molecule has 1 atom stereocenters. The summed E-state index contributed by atoms with van der Waals surface area (Å²) in [6, 6.07) is 9.88. The van der Waals surface area contributed by atoms with Crippen molar-refractivity contribution in [3.8, 4) is 11.3 Å². The predicted octanol–water partition coefficient (Wildman–Crippen LogP) is 3.06. The second-order valence-electron chi connectivity index (χ2n) is 4.88. The van der Waals surface area contributed by atoms with Crippen molar-refractivity contribution in [2.45, 2.75) is 17.3 Å². The van der Waals surface area contributed by atoms with Gasteiger partial charge in [-0.3, -0.25) is 4.79 Å². The van der Waals surface area contributed by atoms with Gasteiger partial charge in [-0.05, 0) is 6.92 Å². The molecule has 0 fully saturated rings. The lowest BCUT2D eigenvalue weighted by molar-refractivity contribution is -0.115. The smallest absolute Gasteiger partial charge is 0.239 e. The summed E-state index contributed by atoms with van der Waals surface area (Å²) in [6.45, 7) is 1.83. The summed E-state index contributed by atoms with van der Waals surface area (Å²) in [7, 11) is 1.85. The molecule has 0 aliphatic carbocycles. The molecule has 0 saturated carbocycles. The Morgan fingerprint density at radius 1 is 1.35 bits per heavy atom. The van der Waals surface area contributed by atoms with Gasteiger partial charge in [-0.15, -0.1) is 21.5 Å². The van der Waals surface area contributed by atoms with Gasteiger partial charge in [0.15, 0.2) is 10.3 Å². The van der Waals surface area contributed by atoms with E-state index in [-0.39, 0.29) is 11.2 Å². The summed E-state index contributed by atoms with van der Waals surface area (Å²) in [5, 5.41) is 13.6. The van der Waals surface area contributed by atoms with Crippen molar-refractivity contribution in [2.24, 2.45) is 7.05 Å². The molecule has 0 bridgehead atoms. The fourth-order valence-corrected chi connectivity index (χ4v) is 3.38. The largest absolute Gasteiger partial charge is 0.312 e. The number of nitrogens with zero attached hydrogens (tertiary/aromatic N) is 4. The quantitative estimate of drug-likeness (QED) is 0.720. The number of thiazole rings is 1. The number of aromatic nitrogens is 4. The Balaban J connectivity index is 1.64. The van der Waals surface area contributed by atoms with Gasteiger partial charge >= 0.3 is 0 Å². The molecule has 23 heavy (non-hydrogen) atoms. The fourth-order valence-electron chi connectivity index (χ4n) is 1.87. The first-order valence-corrected chi connectivity index (χ1v) is 8.72. The van der Waals surface area contributed by atoms with E-state index in [0.29, 0.717) is 10.3 Å². The maximum Gasteiger partial charge on any atom is 0.239 e. The lowest BCUT2D eigenvalue weighted by Gasteiger charge is -2.09. The number of nitrogens with one attached hydrogen (secondary N) is 1. The highest BCUT2D eigenvalue weighted by Crippen LogP contribution is 2.26. The van der Waals surface area contributed by atoms with Gasteiger partial charge in [0.1, 0.15) is 6.33 Å². The minimum atomic E-state index is -0.290. The number of anilines is 1. The zero-order valence-electron chi connectivity index (χ0n) is 12.6. The van der Waals surface area contributed by atoms with Crippen LogP contribution in [-0.2, 0) is 11.8 Å². The summed E-state index contributed by atoms with van der Waals surface area (Å²) in [5.74, 6) is -0.105. The van der Waals surface area contributed by atoms with E-state index < -0.39 is 0 Å². The van der Waals surface area contributed by atoms with Crippen molar-refractivity contribution in [2.75, 3.05) is 5.32 Å². The van der Waals surface area contributed by atoms with Crippen molar-refractivity contribution in [3.05, 3.63) is 42.0 Å². The Hall–Kier alpha value is -2.19. The SMILES string of the molecule is C[C@H](Sc1nncn1C)C(=O)Nc1nc(-c2ccccc2)cs1. The molecule has 3 aromatic rings. The summed E-state index contributed by atoms with van der Waals surface area (Å²) in [4.78, 5) is 16.7. The van der Waals surface area contributed by atoms with Gasteiger partial charge in [0, 0.05) is 18.0 Å². The highest BCUT2D eigenvalue weighted by molar-refractivity contribution is 8.00. The molecule has 1 N–H and O–H groups in total. The fraction of sp³-hybridized carbons (Fsp3) is 0.200. The number of thioether (sulfide) groups is 1. The van der Waals surface area contributed by atoms with E-state index in [4.69, 9.17) is 0 Å². The molecule has 8 heteroatoms. The van der Waals surface area contributed by atoms with E-state index in [1.54, 1.807) is 10.9 Å². The van der Waals surface area contributed by atoms with Crippen LogP contribution in [0.1, 0.15) is 6.92 Å². The van der Waals surface area contributed by atoms with Gasteiger partial charge in [0.05, 0.1) is 10.9 Å². The molecule has 0 saturated heterocycles. The second kappa shape index (κ2) is 6.93. The summed E-state index contributed by atoms with van der Waals surface area (Å²) >= 11 is 2.78. The molecule has 6 nitrogen and oxygen atoms in total. The first-order valence-electron chi connectivity index (χ1n) is 6.96. The Morgan fingerprint density at radius 3 is 2.83 bits per heavy atom. The molecule has 0 aliphatic rings. The van der Waals surface area contributed by atoms with E-state index >= 15 is 0 Å². The van der Waals surface area contributed by atoms with Gasteiger partial charge < -0.3 is 9.88 Å². The molecule has 3 rings (SSSR count). The standard InChI is InChI=1S/C15H15N5OS2/c1-10(23-15-19-16-9-20(15)2)13(21)18-14-17-12(8-22-14)11-6-4-3-5-7-11/h3-10H,1-2H3,(H,17,18,21)/t10-/m0/s1. The molecule has 0 aliphatic heterocycles. The van der Waals surface area contributed by atoms with Gasteiger partial charge in [0.2, 0.25) is 5.91 Å². The first kappa shape index (κ1) is 15.7. The molecule has 2 heterocycles. The highest BCUT2D eigenvalue weighted by Gasteiger charge is 2.18. The Morgan fingerprint density at radius 2 is 2.13 bits per heavy atom. The molecule has 0 radical (unpaired) electrons. The average Bonchev–Trinajstić information content (AvgIpc) is 3.18.